The monoisotopic (exact) mass is 452 g/mol. The summed E-state index contributed by atoms with van der Waals surface area (Å²) in [4.78, 5) is 19.5. The second kappa shape index (κ2) is 10.6. The lowest BCUT2D eigenvalue weighted by Crippen LogP contribution is -3.20. The first-order valence-electron chi connectivity index (χ1n) is 13.0. The zero-order chi connectivity index (χ0) is 21.0. The van der Waals surface area contributed by atoms with Gasteiger partial charge in [0.1, 0.15) is 12.2 Å². The summed E-state index contributed by atoms with van der Waals surface area (Å²) in [7, 11) is 0. The molecular formula is C23H44N6OS+2. The summed E-state index contributed by atoms with van der Waals surface area (Å²) in [6.07, 6.45) is 8.77. The Morgan fingerprint density at radius 1 is 1.13 bits per heavy atom. The second-order valence-corrected chi connectivity index (χ2v) is 11.8. The number of hydrogen-bond acceptors (Lipinski definition) is 4. The molecule has 6 atom stereocenters. The normalized spacial score (nSPS) is 39.5. The summed E-state index contributed by atoms with van der Waals surface area (Å²) in [6.45, 7) is 11.1. The Labute approximate surface area is 192 Å². The van der Waals surface area contributed by atoms with Gasteiger partial charge < -0.3 is 25.8 Å². The predicted octanol–water partition coefficient (Wildman–Crippen LogP) is -1.22. The Bertz CT molecular complexity index is 589. The molecule has 0 aromatic heterocycles. The summed E-state index contributed by atoms with van der Waals surface area (Å²) in [5.41, 5.74) is 0. The summed E-state index contributed by atoms with van der Waals surface area (Å²) in [5, 5.41) is 8.94. The minimum atomic E-state index is 0.0548. The Hall–Kier alpha value is -0.540. The number of piperidine rings is 4. The van der Waals surface area contributed by atoms with E-state index in [0.717, 1.165) is 36.7 Å². The smallest absolute Gasteiger partial charge is 0.315 e. The van der Waals surface area contributed by atoms with E-state index in [9.17, 15) is 4.79 Å². The third-order valence-electron chi connectivity index (χ3n) is 8.73. The van der Waals surface area contributed by atoms with Gasteiger partial charge in [-0.3, -0.25) is 4.90 Å². The average molecular weight is 453 g/mol. The Balaban J connectivity index is 1.02. The van der Waals surface area contributed by atoms with Gasteiger partial charge in [-0.2, -0.15) is 11.8 Å². The number of quaternary nitrogens is 2. The maximum absolute atomic E-state index is 12.3. The molecule has 6 heterocycles. The minimum absolute atomic E-state index is 0.0548. The third-order valence-corrected chi connectivity index (χ3v) is 9.89. The molecule has 0 aromatic rings. The van der Waals surface area contributed by atoms with E-state index >= 15 is 0 Å². The quantitative estimate of drug-likeness (QED) is 0.408. The molecule has 0 aromatic carbocycles. The Morgan fingerprint density at radius 3 is 2.74 bits per heavy atom. The number of amides is 2. The van der Waals surface area contributed by atoms with Gasteiger partial charge in [-0.05, 0) is 30.9 Å². The molecule has 6 aliphatic rings. The number of rotatable bonds is 6. The summed E-state index contributed by atoms with van der Waals surface area (Å²) < 4.78 is 0. The van der Waals surface area contributed by atoms with Gasteiger partial charge in [-0.15, -0.1) is 0 Å². The van der Waals surface area contributed by atoms with E-state index in [-0.39, 0.29) is 6.03 Å². The molecule has 176 valence electrons. The number of nitrogens with zero attached hydrogens (tertiary/aromatic N) is 2. The maximum atomic E-state index is 12.3. The maximum Gasteiger partial charge on any atom is 0.315 e. The van der Waals surface area contributed by atoms with Crippen LogP contribution in [0.15, 0.2) is 0 Å². The van der Waals surface area contributed by atoms with E-state index in [4.69, 9.17) is 0 Å². The van der Waals surface area contributed by atoms with Crippen LogP contribution < -0.4 is 20.9 Å². The fraction of sp³-hybridized carbons (Fsp3) is 0.957. The highest BCUT2D eigenvalue weighted by molar-refractivity contribution is 7.99. The molecular weight excluding hydrogens is 408 g/mol. The summed E-state index contributed by atoms with van der Waals surface area (Å²) in [5.74, 6) is 3.98. The molecule has 0 saturated carbocycles. The molecule has 8 heteroatoms. The van der Waals surface area contributed by atoms with E-state index < -0.39 is 0 Å². The Kier molecular flexibility index (Phi) is 7.61. The van der Waals surface area contributed by atoms with Crippen LogP contribution in [0.1, 0.15) is 38.5 Å². The first-order chi connectivity index (χ1) is 15.2. The van der Waals surface area contributed by atoms with Gasteiger partial charge in [-0.1, -0.05) is 0 Å². The van der Waals surface area contributed by atoms with E-state index in [2.05, 4.69) is 25.8 Å². The predicted molar refractivity (Wildman–Crippen MR) is 125 cm³/mol. The van der Waals surface area contributed by atoms with Crippen molar-refractivity contribution >= 4 is 17.8 Å². The van der Waals surface area contributed by atoms with Crippen LogP contribution in [-0.4, -0.2) is 104 Å². The average Bonchev–Trinajstić information content (AvgIpc) is 3.32. The fourth-order valence-electron chi connectivity index (χ4n) is 6.83. The van der Waals surface area contributed by atoms with E-state index in [1.165, 1.54) is 90.2 Å². The van der Waals surface area contributed by atoms with Gasteiger partial charge in [0.25, 0.3) is 0 Å². The van der Waals surface area contributed by atoms with E-state index in [1.54, 1.807) is 4.90 Å². The van der Waals surface area contributed by atoms with Gasteiger partial charge in [0.2, 0.25) is 0 Å². The minimum Gasteiger partial charge on any atom is -0.335 e. The van der Waals surface area contributed by atoms with Gasteiger partial charge in [0, 0.05) is 69.7 Å². The number of nitrogens with one attached hydrogen (secondary N) is 3. The van der Waals surface area contributed by atoms with Gasteiger partial charge in [0.05, 0.1) is 26.2 Å². The second-order valence-electron chi connectivity index (χ2n) is 10.7. The first-order valence-corrected chi connectivity index (χ1v) is 14.2. The number of fused-ring (bicyclic) bond motifs is 3. The van der Waals surface area contributed by atoms with Crippen LogP contribution in [-0.2, 0) is 0 Å². The van der Waals surface area contributed by atoms with Gasteiger partial charge in [0.15, 0.2) is 0 Å². The number of hydrogen-bond donors (Lipinski definition) is 4. The molecule has 2 amide bonds. The van der Waals surface area contributed by atoms with E-state index in [0.29, 0.717) is 12.1 Å². The van der Waals surface area contributed by atoms with Crippen molar-refractivity contribution in [2.45, 2.75) is 56.8 Å². The molecule has 6 saturated heterocycles. The van der Waals surface area contributed by atoms with Crippen LogP contribution in [0.4, 0.5) is 4.79 Å². The molecule has 7 nitrogen and oxygen atoms in total. The number of carbonyl (C=O) groups is 1. The molecule has 31 heavy (non-hydrogen) atoms. The lowest BCUT2D eigenvalue weighted by atomic mass is 9.75. The van der Waals surface area contributed by atoms with Crippen LogP contribution in [0.2, 0.25) is 0 Å². The lowest BCUT2D eigenvalue weighted by molar-refractivity contribution is -0.945. The Morgan fingerprint density at radius 2 is 2.03 bits per heavy atom. The topological polar surface area (TPSA) is 68.7 Å². The van der Waals surface area contributed by atoms with Crippen molar-refractivity contribution in [3.05, 3.63) is 0 Å². The van der Waals surface area contributed by atoms with Crippen molar-refractivity contribution < 1.29 is 15.0 Å². The highest BCUT2D eigenvalue weighted by Crippen LogP contribution is 2.28. The molecule has 3 unspecified atom stereocenters. The molecule has 6 fully saturated rings. The largest absolute Gasteiger partial charge is 0.335 e. The van der Waals surface area contributed by atoms with Crippen LogP contribution in [0.3, 0.4) is 0 Å². The van der Waals surface area contributed by atoms with E-state index in [1.807, 2.05) is 11.8 Å². The molecule has 0 spiro atoms. The summed E-state index contributed by atoms with van der Waals surface area (Å²) >= 11 is 1.95. The van der Waals surface area contributed by atoms with Crippen LogP contribution in [0, 0.1) is 11.8 Å². The van der Waals surface area contributed by atoms with Crippen LogP contribution in [0.5, 0.6) is 0 Å². The van der Waals surface area contributed by atoms with Crippen LogP contribution >= 0.6 is 11.8 Å². The van der Waals surface area contributed by atoms with Crippen molar-refractivity contribution in [3.63, 3.8) is 0 Å². The van der Waals surface area contributed by atoms with Crippen molar-refractivity contribution in [3.8, 4) is 0 Å². The third kappa shape index (κ3) is 5.69. The fourth-order valence-corrected chi connectivity index (χ4v) is 7.99. The SMILES string of the molecule is O=C(NC[C@H]1C[C@@H]2CC[NH+]1C[C@H]2CN1CCN(C2CCCC[NH2+]2)CC1)NC1CCSC1. The number of nitrogens with two attached hydrogens (primary N) is 1. The number of urea groups is 1. The zero-order valence-electron chi connectivity index (χ0n) is 19.2. The van der Waals surface area contributed by atoms with Crippen molar-refractivity contribution in [2.24, 2.45) is 11.8 Å². The number of carbonyl (C=O) groups excluding carboxylic acids is 1. The van der Waals surface area contributed by atoms with Crippen molar-refractivity contribution in [1.82, 2.24) is 20.4 Å². The highest BCUT2D eigenvalue weighted by Gasteiger charge is 2.44. The highest BCUT2D eigenvalue weighted by atomic mass is 32.2. The van der Waals surface area contributed by atoms with Crippen molar-refractivity contribution in [2.75, 3.05) is 70.4 Å². The molecule has 2 bridgehead atoms. The molecule has 6 rings (SSSR count). The molecule has 0 radical (unpaired) electrons. The summed E-state index contributed by atoms with van der Waals surface area (Å²) in [6, 6.07) is 1.05. The molecule has 0 aliphatic carbocycles. The lowest BCUT2D eigenvalue weighted by Gasteiger charge is -2.48. The number of piperazine rings is 1. The van der Waals surface area contributed by atoms with Gasteiger partial charge in [-0.25, -0.2) is 4.79 Å². The number of thioether (sulfide) groups is 1. The molecule has 6 aliphatic heterocycles. The zero-order valence-corrected chi connectivity index (χ0v) is 20.0. The molecule has 5 N–H and O–H groups in total. The van der Waals surface area contributed by atoms with Crippen molar-refractivity contribution in [1.29, 1.82) is 0 Å². The van der Waals surface area contributed by atoms with Crippen LogP contribution in [0.25, 0.3) is 0 Å². The van der Waals surface area contributed by atoms with Gasteiger partial charge >= 0.3 is 6.03 Å². The standard InChI is InChI=1S/C23H42N6OS/c30-23(26-20-5-12-31-17-20)25-14-21-13-18-4-7-29(21)16-19(18)15-27-8-10-28(11-9-27)22-3-1-2-6-24-22/h18-22,24H,1-17H2,(H2,25,26,30)/p+2/t18-,19+,20?,21+,22?/m0/s1. The first kappa shape index (κ1) is 22.3.